The van der Waals surface area contributed by atoms with E-state index in [2.05, 4.69) is 47.4 Å². The lowest BCUT2D eigenvalue weighted by molar-refractivity contribution is 0.163. The van der Waals surface area contributed by atoms with E-state index >= 15 is 0 Å². The van der Waals surface area contributed by atoms with Crippen LogP contribution in [0.5, 0.6) is 0 Å². The van der Waals surface area contributed by atoms with E-state index in [1.165, 1.54) is 24.0 Å². The third kappa shape index (κ3) is 4.14. The van der Waals surface area contributed by atoms with Gasteiger partial charge in [0.15, 0.2) is 0 Å². The standard InChI is InChI=1S/C20H25ClN2/c21-20-9-5-4-8-18(20)19(14-22)17-10-12-23(13-11-17)15-16-6-2-1-3-7-16/h1-9,17,19H,10-15,22H2. The number of benzene rings is 2. The van der Waals surface area contributed by atoms with Crippen molar-refractivity contribution in [1.82, 2.24) is 4.90 Å². The first-order valence-corrected chi connectivity index (χ1v) is 8.86. The fraction of sp³-hybridized carbons (Fsp3) is 0.400. The van der Waals surface area contributed by atoms with E-state index in [9.17, 15) is 0 Å². The molecule has 1 aliphatic rings. The number of hydrogen-bond donors (Lipinski definition) is 1. The largest absolute Gasteiger partial charge is 0.330 e. The summed E-state index contributed by atoms with van der Waals surface area (Å²) >= 11 is 6.39. The number of hydrogen-bond acceptors (Lipinski definition) is 2. The molecule has 0 amide bonds. The molecular formula is C20H25ClN2. The minimum Gasteiger partial charge on any atom is -0.330 e. The van der Waals surface area contributed by atoms with E-state index in [0.29, 0.717) is 18.4 Å². The number of halogens is 1. The van der Waals surface area contributed by atoms with Crippen molar-refractivity contribution >= 4 is 11.6 Å². The molecule has 3 rings (SSSR count). The van der Waals surface area contributed by atoms with Crippen LogP contribution in [0, 0.1) is 5.92 Å². The highest BCUT2D eigenvalue weighted by Gasteiger charge is 2.27. The summed E-state index contributed by atoms with van der Waals surface area (Å²) in [5, 5.41) is 0.856. The Kier molecular flexibility index (Phi) is 5.71. The second-order valence-electron chi connectivity index (χ2n) is 6.46. The van der Waals surface area contributed by atoms with Gasteiger partial charge in [-0.1, -0.05) is 60.1 Å². The minimum atomic E-state index is 0.377. The van der Waals surface area contributed by atoms with Crippen molar-refractivity contribution in [1.29, 1.82) is 0 Å². The van der Waals surface area contributed by atoms with E-state index < -0.39 is 0 Å². The van der Waals surface area contributed by atoms with Crippen molar-refractivity contribution in [2.45, 2.75) is 25.3 Å². The van der Waals surface area contributed by atoms with E-state index in [1.54, 1.807) is 0 Å². The summed E-state index contributed by atoms with van der Waals surface area (Å²) in [6, 6.07) is 18.9. The van der Waals surface area contributed by atoms with Gasteiger partial charge in [-0.05, 0) is 55.6 Å². The van der Waals surface area contributed by atoms with Crippen LogP contribution in [0.25, 0.3) is 0 Å². The van der Waals surface area contributed by atoms with Crippen molar-refractivity contribution in [2.75, 3.05) is 19.6 Å². The predicted octanol–water partition coefficient (Wildman–Crippen LogP) is 4.29. The molecule has 0 spiro atoms. The molecule has 1 atom stereocenters. The molecule has 1 unspecified atom stereocenters. The predicted molar refractivity (Wildman–Crippen MR) is 97.7 cm³/mol. The maximum Gasteiger partial charge on any atom is 0.0441 e. The van der Waals surface area contributed by atoms with Gasteiger partial charge in [-0.15, -0.1) is 0 Å². The van der Waals surface area contributed by atoms with Crippen LogP contribution in [0.4, 0.5) is 0 Å². The molecule has 0 bridgehead atoms. The lowest BCUT2D eigenvalue weighted by Gasteiger charge is -2.36. The van der Waals surface area contributed by atoms with Crippen molar-refractivity contribution in [3.05, 3.63) is 70.7 Å². The van der Waals surface area contributed by atoms with Crippen LogP contribution in [0.15, 0.2) is 54.6 Å². The average molecular weight is 329 g/mol. The number of piperidine rings is 1. The van der Waals surface area contributed by atoms with E-state index in [0.717, 1.165) is 24.7 Å². The van der Waals surface area contributed by atoms with Gasteiger partial charge < -0.3 is 5.73 Å². The highest BCUT2D eigenvalue weighted by molar-refractivity contribution is 6.31. The maximum atomic E-state index is 6.39. The topological polar surface area (TPSA) is 29.3 Å². The number of likely N-dealkylation sites (tertiary alicyclic amines) is 1. The first kappa shape index (κ1) is 16.5. The summed E-state index contributed by atoms with van der Waals surface area (Å²) < 4.78 is 0. The second-order valence-corrected chi connectivity index (χ2v) is 6.87. The summed E-state index contributed by atoms with van der Waals surface area (Å²) in [5.74, 6) is 1.01. The minimum absolute atomic E-state index is 0.377. The molecular weight excluding hydrogens is 304 g/mol. The molecule has 2 nitrogen and oxygen atoms in total. The molecule has 0 radical (unpaired) electrons. The van der Waals surface area contributed by atoms with E-state index in [-0.39, 0.29) is 0 Å². The first-order chi connectivity index (χ1) is 11.3. The SMILES string of the molecule is NCC(c1ccccc1Cl)C1CCN(Cc2ccccc2)CC1. The van der Waals surface area contributed by atoms with Crippen LogP contribution in [-0.4, -0.2) is 24.5 Å². The Morgan fingerprint density at radius 3 is 2.30 bits per heavy atom. The molecule has 122 valence electrons. The smallest absolute Gasteiger partial charge is 0.0441 e. The second kappa shape index (κ2) is 7.96. The summed E-state index contributed by atoms with van der Waals surface area (Å²) in [6.45, 7) is 4.00. The van der Waals surface area contributed by atoms with Crippen LogP contribution in [0.3, 0.4) is 0 Å². The van der Waals surface area contributed by atoms with Gasteiger partial charge in [0, 0.05) is 17.5 Å². The highest BCUT2D eigenvalue weighted by Crippen LogP contribution is 2.35. The van der Waals surface area contributed by atoms with Gasteiger partial charge in [-0.2, -0.15) is 0 Å². The molecule has 1 saturated heterocycles. The molecule has 23 heavy (non-hydrogen) atoms. The lowest BCUT2D eigenvalue weighted by atomic mass is 9.80. The normalized spacial score (nSPS) is 18.0. The fourth-order valence-electron chi connectivity index (χ4n) is 3.70. The van der Waals surface area contributed by atoms with Gasteiger partial charge in [0.1, 0.15) is 0 Å². The molecule has 1 heterocycles. The van der Waals surface area contributed by atoms with Crippen LogP contribution < -0.4 is 5.73 Å². The van der Waals surface area contributed by atoms with Gasteiger partial charge in [-0.3, -0.25) is 4.90 Å². The van der Waals surface area contributed by atoms with E-state index in [1.807, 2.05) is 12.1 Å². The molecule has 2 aromatic rings. The maximum absolute atomic E-state index is 6.39. The Bertz CT molecular complexity index is 606. The van der Waals surface area contributed by atoms with Crippen molar-refractivity contribution in [3.8, 4) is 0 Å². The molecule has 2 aromatic carbocycles. The Hall–Kier alpha value is -1.35. The van der Waals surface area contributed by atoms with Crippen LogP contribution in [0.2, 0.25) is 5.02 Å². The molecule has 0 saturated carbocycles. The van der Waals surface area contributed by atoms with Crippen LogP contribution >= 0.6 is 11.6 Å². The number of nitrogens with two attached hydrogens (primary N) is 1. The fourth-order valence-corrected chi connectivity index (χ4v) is 3.98. The quantitative estimate of drug-likeness (QED) is 0.887. The monoisotopic (exact) mass is 328 g/mol. The average Bonchev–Trinajstić information content (AvgIpc) is 2.59. The third-order valence-electron chi connectivity index (χ3n) is 5.01. The van der Waals surface area contributed by atoms with Crippen molar-refractivity contribution in [3.63, 3.8) is 0 Å². The summed E-state index contributed by atoms with van der Waals surface area (Å²) in [4.78, 5) is 2.55. The molecule has 0 aliphatic carbocycles. The van der Waals surface area contributed by atoms with Crippen molar-refractivity contribution < 1.29 is 0 Å². The van der Waals surface area contributed by atoms with Gasteiger partial charge in [0.25, 0.3) is 0 Å². The summed E-state index contributed by atoms with van der Waals surface area (Å²) in [6.07, 6.45) is 2.39. The van der Waals surface area contributed by atoms with Gasteiger partial charge in [0.05, 0.1) is 0 Å². The zero-order valence-corrected chi connectivity index (χ0v) is 14.3. The number of nitrogens with zero attached hydrogens (tertiary/aromatic N) is 1. The van der Waals surface area contributed by atoms with Gasteiger partial charge in [0.2, 0.25) is 0 Å². The Morgan fingerprint density at radius 2 is 1.65 bits per heavy atom. The van der Waals surface area contributed by atoms with E-state index in [4.69, 9.17) is 17.3 Å². The van der Waals surface area contributed by atoms with Crippen molar-refractivity contribution in [2.24, 2.45) is 11.7 Å². The first-order valence-electron chi connectivity index (χ1n) is 8.48. The Labute approximate surface area is 144 Å². The lowest BCUT2D eigenvalue weighted by Crippen LogP contribution is -2.36. The van der Waals surface area contributed by atoms with Crippen LogP contribution in [0.1, 0.15) is 29.9 Å². The Morgan fingerprint density at radius 1 is 1.00 bits per heavy atom. The van der Waals surface area contributed by atoms with Gasteiger partial charge >= 0.3 is 0 Å². The highest BCUT2D eigenvalue weighted by atomic mass is 35.5. The zero-order valence-electron chi connectivity index (χ0n) is 13.5. The molecule has 1 fully saturated rings. The van der Waals surface area contributed by atoms with Gasteiger partial charge in [-0.25, -0.2) is 0 Å². The molecule has 0 aromatic heterocycles. The summed E-state index contributed by atoms with van der Waals surface area (Å²) in [7, 11) is 0. The zero-order chi connectivity index (χ0) is 16.1. The van der Waals surface area contributed by atoms with Crippen LogP contribution in [-0.2, 0) is 6.54 Å². The Balaban J connectivity index is 1.60. The number of rotatable bonds is 5. The molecule has 1 aliphatic heterocycles. The third-order valence-corrected chi connectivity index (χ3v) is 5.35. The summed E-state index contributed by atoms with van der Waals surface area (Å²) in [5.41, 5.74) is 8.71. The molecule has 2 N–H and O–H groups in total. The molecule has 3 heteroatoms.